The third-order valence-electron chi connectivity index (χ3n) is 3.89. The number of carboxylic acid groups (broad SMARTS) is 1. The average Bonchev–Trinajstić information content (AvgIpc) is 2.41. The van der Waals surface area contributed by atoms with Crippen LogP contribution in [0.2, 0.25) is 0 Å². The Bertz CT molecular complexity index is 422. The predicted octanol–water partition coefficient (Wildman–Crippen LogP) is 1.80. The van der Waals surface area contributed by atoms with E-state index in [9.17, 15) is 4.79 Å². The molecule has 1 atom stereocenters. The molecule has 0 saturated carbocycles. The molecule has 0 bridgehead atoms. The van der Waals surface area contributed by atoms with E-state index >= 15 is 0 Å². The van der Waals surface area contributed by atoms with Gasteiger partial charge in [0.25, 0.3) is 0 Å². The lowest BCUT2D eigenvalue weighted by atomic mass is 9.99. The van der Waals surface area contributed by atoms with Crippen LogP contribution in [0.3, 0.4) is 0 Å². The van der Waals surface area contributed by atoms with Crippen molar-refractivity contribution in [1.82, 2.24) is 4.90 Å². The number of hydrogen-bond acceptors (Lipinski definition) is 3. The first-order valence-corrected chi connectivity index (χ1v) is 6.86. The molecule has 1 fully saturated rings. The summed E-state index contributed by atoms with van der Waals surface area (Å²) in [7, 11) is 0. The smallest absolute Gasteiger partial charge is 0.310 e. The number of likely N-dealkylation sites (tertiary alicyclic amines) is 1. The Hall–Kier alpha value is -1.39. The third kappa shape index (κ3) is 3.78. The van der Waals surface area contributed by atoms with Crippen LogP contribution in [0.25, 0.3) is 0 Å². The fraction of sp³-hybridized carbons (Fsp3) is 0.533. The van der Waals surface area contributed by atoms with E-state index in [-0.39, 0.29) is 0 Å². The number of carboxylic acids is 1. The number of carbonyl (C=O) groups is 1. The van der Waals surface area contributed by atoms with E-state index in [2.05, 4.69) is 4.90 Å². The van der Waals surface area contributed by atoms with E-state index < -0.39 is 11.9 Å². The quantitative estimate of drug-likeness (QED) is 0.868. The highest BCUT2D eigenvalue weighted by molar-refractivity contribution is 5.75. The Morgan fingerprint density at radius 3 is 2.47 bits per heavy atom. The summed E-state index contributed by atoms with van der Waals surface area (Å²) >= 11 is 0. The zero-order chi connectivity index (χ0) is 13.8. The van der Waals surface area contributed by atoms with Gasteiger partial charge in [0.05, 0.1) is 5.92 Å². The van der Waals surface area contributed by atoms with E-state index in [1.54, 1.807) is 6.92 Å². The summed E-state index contributed by atoms with van der Waals surface area (Å²) in [6, 6.07) is 8.26. The van der Waals surface area contributed by atoms with Gasteiger partial charge < -0.3 is 10.8 Å². The van der Waals surface area contributed by atoms with Gasteiger partial charge >= 0.3 is 5.97 Å². The molecule has 4 heteroatoms. The second kappa shape index (κ2) is 6.17. The van der Waals surface area contributed by atoms with Gasteiger partial charge in [-0.3, -0.25) is 9.69 Å². The summed E-state index contributed by atoms with van der Waals surface area (Å²) in [6.07, 6.45) is 2.13. The monoisotopic (exact) mass is 262 g/mol. The zero-order valence-corrected chi connectivity index (χ0v) is 11.4. The summed E-state index contributed by atoms with van der Waals surface area (Å²) < 4.78 is 0. The van der Waals surface area contributed by atoms with Crippen molar-refractivity contribution in [1.29, 1.82) is 0 Å². The molecule has 0 aliphatic carbocycles. The largest absolute Gasteiger partial charge is 0.481 e. The van der Waals surface area contributed by atoms with E-state index in [0.29, 0.717) is 6.04 Å². The first kappa shape index (κ1) is 14.0. The van der Waals surface area contributed by atoms with Crippen molar-refractivity contribution in [3.8, 4) is 0 Å². The lowest BCUT2D eigenvalue weighted by molar-refractivity contribution is -0.138. The Labute approximate surface area is 114 Å². The number of benzene rings is 1. The van der Waals surface area contributed by atoms with Crippen LogP contribution in [0.15, 0.2) is 24.3 Å². The van der Waals surface area contributed by atoms with Gasteiger partial charge in [-0.05, 0) is 44.0 Å². The maximum atomic E-state index is 10.9. The first-order valence-electron chi connectivity index (χ1n) is 6.86. The van der Waals surface area contributed by atoms with Crippen LogP contribution in [0.1, 0.15) is 36.8 Å². The molecule has 0 amide bonds. The van der Waals surface area contributed by atoms with E-state index in [1.165, 1.54) is 5.56 Å². The van der Waals surface area contributed by atoms with Gasteiger partial charge in [-0.1, -0.05) is 24.3 Å². The zero-order valence-electron chi connectivity index (χ0n) is 11.4. The minimum absolute atomic E-state index is 0.357. The standard InChI is InChI=1S/C15H22N2O2/c1-11(15(18)19)13-4-2-12(3-5-13)10-17-8-6-14(16)7-9-17/h2-5,11,14H,6-10,16H2,1H3,(H,18,19). The van der Waals surface area contributed by atoms with Gasteiger partial charge in [-0.25, -0.2) is 0 Å². The Morgan fingerprint density at radius 1 is 1.37 bits per heavy atom. The number of nitrogens with two attached hydrogens (primary N) is 1. The lowest BCUT2D eigenvalue weighted by Gasteiger charge is -2.30. The minimum atomic E-state index is -0.780. The summed E-state index contributed by atoms with van der Waals surface area (Å²) in [6.45, 7) is 4.74. The highest BCUT2D eigenvalue weighted by Gasteiger charge is 2.16. The van der Waals surface area contributed by atoms with Crippen molar-refractivity contribution in [2.24, 2.45) is 5.73 Å². The van der Waals surface area contributed by atoms with Crippen LogP contribution in [-0.4, -0.2) is 35.1 Å². The Morgan fingerprint density at radius 2 is 1.95 bits per heavy atom. The van der Waals surface area contributed by atoms with Crippen LogP contribution >= 0.6 is 0 Å². The molecule has 4 nitrogen and oxygen atoms in total. The van der Waals surface area contributed by atoms with Crippen molar-refractivity contribution in [3.63, 3.8) is 0 Å². The Kier molecular flexibility index (Phi) is 4.56. The molecule has 3 N–H and O–H groups in total. The van der Waals surface area contributed by atoms with Gasteiger partial charge in [0, 0.05) is 12.6 Å². The molecule has 1 aromatic rings. The van der Waals surface area contributed by atoms with E-state index in [0.717, 1.165) is 38.0 Å². The molecule has 19 heavy (non-hydrogen) atoms. The number of piperidine rings is 1. The predicted molar refractivity (Wildman–Crippen MR) is 75.0 cm³/mol. The number of nitrogens with zero attached hydrogens (tertiary/aromatic N) is 1. The maximum absolute atomic E-state index is 10.9. The summed E-state index contributed by atoms with van der Waals surface area (Å²) in [5, 5.41) is 8.97. The van der Waals surface area contributed by atoms with Crippen molar-refractivity contribution in [2.45, 2.75) is 38.3 Å². The fourth-order valence-electron chi connectivity index (χ4n) is 2.42. The highest BCUT2D eigenvalue weighted by Crippen LogP contribution is 2.18. The van der Waals surface area contributed by atoms with Crippen LogP contribution < -0.4 is 5.73 Å². The molecule has 1 aromatic carbocycles. The van der Waals surface area contributed by atoms with Gasteiger partial charge in [-0.2, -0.15) is 0 Å². The SMILES string of the molecule is CC(C(=O)O)c1ccc(CN2CCC(N)CC2)cc1. The molecule has 1 aliphatic heterocycles. The minimum Gasteiger partial charge on any atom is -0.481 e. The van der Waals surface area contributed by atoms with Crippen molar-refractivity contribution < 1.29 is 9.90 Å². The van der Waals surface area contributed by atoms with Crippen molar-refractivity contribution >= 4 is 5.97 Å². The molecule has 0 aromatic heterocycles. The highest BCUT2D eigenvalue weighted by atomic mass is 16.4. The van der Waals surface area contributed by atoms with Crippen LogP contribution in [0.4, 0.5) is 0 Å². The maximum Gasteiger partial charge on any atom is 0.310 e. The van der Waals surface area contributed by atoms with E-state index in [1.807, 2.05) is 24.3 Å². The fourth-order valence-corrected chi connectivity index (χ4v) is 2.42. The van der Waals surface area contributed by atoms with Crippen LogP contribution in [0.5, 0.6) is 0 Å². The molecule has 1 saturated heterocycles. The molecular formula is C15H22N2O2. The molecule has 1 heterocycles. The Balaban J connectivity index is 1.93. The second-order valence-electron chi connectivity index (χ2n) is 5.42. The second-order valence-corrected chi connectivity index (χ2v) is 5.42. The summed E-state index contributed by atoms with van der Waals surface area (Å²) in [4.78, 5) is 13.3. The van der Waals surface area contributed by atoms with E-state index in [4.69, 9.17) is 10.8 Å². The average molecular weight is 262 g/mol. The van der Waals surface area contributed by atoms with Gasteiger partial charge in [0.15, 0.2) is 0 Å². The third-order valence-corrected chi connectivity index (χ3v) is 3.89. The van der Waals surface area contributed by atoms with Crippen molar-refractivity contribution in [2.75, 3.05) is 13.1 Å². The van der Waals surface area contributed by atoms with Crippen LogP contribution in [-0.2, 0) is 11.3 Å². The molecule has 104 valence electrons. The lowest BCUT2D eigenvalue weighted by Crippen LogP contribution is -2.39. The molecule has 1 unspecified atom stereocenters. The molecule has 0 spiro atoms. The number of rotatable bonds is 4. The van der Waals surface area contributed by atoms with Gasteiger partial charge in [0.1, 0.15) is 0 Å². The number of aliphatic carboxylic acids is 1. The molecular weight excluding hydrogens is 240 g/mol. The summed E-state index contributed by atoms with van der Waals surface area (Å²) in [5.74, 6) is -1.22. The first-order chi connectivity index (χ1) is 9.06. The summed E-state index contributed by atoms with van der Waals surface area (Å²) in [5.41, 5.74) is 7.98. The number of hydrogen-bond donors (Lipinski definition) is 2. The molecule has 1 aliphatic rings. The topological polar surface area (TPSA) is 66.6 Å². The normalized spacial score (nSPS) is 19.3. The van der Waals surface area contributed by atoms with Gasteiger partial charge in [0.2, 0.25) is 0 Å². The van der Waals surface area contributed by atoms with Crippen molar-refractivity contribution in [3.05, 3.63) is 35.4 Å². The van der Waals surface area contributed by atoms with Crippen LogP contribution in [0, 0.1) is 0 Å². The molecule has 0 radical (unpaired) electrons. The molecule has 2 rings (SSSR count). The van der Waals surface area contributed by atoms with Gasteiger partial charge in [-0.15, -0.1) is 0 Å².